The third-order valence-corrected chi connectivity index (χ3v) is 8.84. The van der Waals surface area contributed by atoms with Crippen molar-refractivity contribution >= 4 is 28.0 Å². The molecule has 0 bridgehead atoms. The lowest BCUT2D eigenvalue weighted by Gasteiger charge is -2.44. The zero-order chi connectivity index (χ0) is 29.8. The number of carbonyl (C=O) groups is 1. The van der Waals surface area contributed by atoms with Gasteiger partial charge in [-0.2, -0.15) is 4.98 Å². The SMILES string of the molecule is CCn1c(-c2nc3cc(C(=O)N4C[C@H](N)C[C@@H](F)C4)cc(OC)c3n2C[C@H]2C[C@@](C)(OC)C2)cc2ccc(OC)nc21. The molecular formula is C31H39FN6O4. The first-order valence-corrected chi connectivity index (χ1v) is 14.5. The van der Waals surface area contributed by atoms with Gasteiger partial charge in [-0.1, -0.05) is 0 Å². The minimum absolute atomic E-state index is 0.0274. The number of benzene rings is 1. The zero-order valence-electron chi connectivity index (χ0n) is 24.9. The van der Waals surface area contributed by atoms with Gasteiger partial charge in [0.2, 0.25) is 5.88 Å². The number of nitrogens with two attached hydrogens (primary N) is 1. The fourth-order valence-corrected chi connectivity index (χ4v) is 6.75. The monoisotopic (exact) mass is 578 g/mol. The maximum Gasteiger partial charge on any atom is 0.254 e. The number of rotatable bonds is 8. The lowest BCUT2D eigenvalue weighted by atomic mass is 9.72. The summed E-state index contributed by atoms with van der Waals surface area (Å²) in [5.41, 5.74) is 9.48. The molecule has 2 atom stereocenters. The molecule has 3 aromatic heterocycles. The number of halogens is 1. The Morgan fingerprint density at radius 1 is 1.10 bits per heavy atom. The van der Waals surface area contributed by atoms with Gasteiger partial charge in [0, 0.05) is 49.8 Å². The number of piperidine rings is 1. The molecule has 2 aliphatic rings. The number of aromatic nitrogens is 4. The highest BCUT2D eigenvalue weighted by Crippen LogP contribution is 2.43. The van der Waals surface area contributed by atoms with Gasteiger partial charge < -0.3 is 34.0 Å². The molecule has 1 saturated carbocycles. The van der Waals surface area contributed by atoms with Gasteiger partial charge in [-0.05, 0) is 63.3 Å². The minimum Gasteiger partial charge on any atom is -0.494 e. The van der Waals surface area contributed by atoms with Gasteiger partial charge in [-0.25, -0.2) is 9.37 Å². The van der Waals surface area contributed by atoms with Crippen LogP contribution in [0.4, 0.5) is 4.39 Å². The van der Waals surface area contributed by atoms with Crippen molar-refractivity contribution in [2.24, 2.45) is 11.7 Å². The Morgan fingerprint density at radius 3 is 2.55 bits per heavy atom. The number of methoxy groups -OCH3 is 3. The number of hydrogen-bond donors (Lipinski definition) is 1. The van der Waals surface area contributed by atoms with Crippen molar-refractivity contribution in [1.82, 2.24) is 24.0 Å². The van der Waals surface area contributed by atoms with E-state index in [1.165, 1.54) is 4.90 Å². The van der Waals surface area contributed by atoms with E-state index in [1.807, 2.05) is 12.1 Å². The van der Waals surface area contributed by atoms with Crippen LogP contribution in [0.15, 0.2) is 30.3 Å². The topological polar surface area (TPSA) is 110 Å². The molecule has 1 aliphatic heterocycles. The number of alkyl halides is 1. The number of fused-ring (bicyclic) bond motifs is 2. The second-order valence-electron chi connectivity index (χ2n) is 11.9. The van der Waals surface area contributed by atoms with Crippen LogP contribution in [0.25, 0.3) is 33.6 Å². The molecule has 0 radical (unpaired) electrons. The van der Waals surface area contributed by atoms with E-state index in [0.717, 1.165) is 40.9 Å². The summed E-state index contributed by atoms with van der Waals surface area (Å²) in [4.78, 5) is 24.9. The van der Waals surface area contributed by atoms with Crippen molar-refractivity contribution in [3.05, 3.63) is 35.9 Å². The number of ether oxygens (including phenoxy) is 3. The lowest BCUT2D eigenvalue weighted by Crippen LogP contribution is -2.50. The highest BCUT2D eigenvalue weighted by molar-refractivity contribution is 6.00. The van der Waals surface area contributed by atoms with Gasteiger partial charge in [0.15, 0.2) is 5.82 Å². The van der Waals surface area contributed by atoms with Crippen molar-refractivity contribution in [3.8, 4) is 23.1 Å². The van der Waals surface area contributed by atoms with Crippen LogP contribution in [-0.2, 0) is 17.8 Å². The van der Waals surface area contributed by atoms with E-state index in [4.69, 9.17) is 29.9 Å². The summed E-state index contributed by atoms with van der Waals surface area (Å²) < 4.78 is 35.7. The summed E-state index contributed by atoms with van der Waals surface area (Å²) >= 11 is 0. The number of carbonyl (C=O) groups excluding carboxylic acids is 1. The maximum atomic E-state index is 14.3. The number of hydrogen-bond acceptors (Lipinski definition) is 7. The number of imidazole rings is 1. The lowest BCUT2D eigenvalue weighted by molar-refractivity contribution is -0.0937. The molecule has 4 heterocycles. The molecule has 10 nitrogen and oxygen atoms in total. The Balaban J connectivity index is 1.50. The molecule has 42 heavy (non-hydrogen) atoms. The molecule has 1 saturated heterocycles. The quantitative estimate of drug-likeness (QED) is 0.330. The summed E-state index contributed by atoms with van der Waals surface area (Å²) in [7, 11) is 4.97. The molecule has 0 unspecified atom stereocenters. The molecule has 1 amide bonds. The molecule has 224 valence electrons. The maximum absolute atomic E-state index is 14.3. The Kier molecular flexibility index (Phi) is 7.34. The van der Waals surface area contributed by atoms with E-state index in [2.05, 4.69) is 29.0 Å². The number of pyridine rings is 1. The normalized spacial score (nSPS) is 24.3. The first kappa shape index (κ1) is 28.4. The first-order valence-electron chi connectivity index (χ1n) is 14.5. The van der Waals surface area contributed by atoms with Gasteiger partial charge >= 0.3 is 0 Å². The number of nitrogens with zero attached hydrogens (tertiary/aromatic N) is 5. The van der Waals surface area contributed by atoms with E-state index in [9.17, 15) is 9.18 Å². The third kappa shape index (κ3) is 4.88. The van der Waals surface area contributed by atoms with Gasteiger partial charge in [-0.15, -0.1) is 0 Å². The number of likely N-dealkylation sites (tertiary alicyclic amines) is 1. The second-order valence-corrected chi connectivity index (χ2v) is 11.9. The van der Waals surface area contributed by atoms with Crippen molar-refractivity contribution < 1.29 is 23.4 Å². The highest BCUT2D eigenvalue weighted by atomic mass is 19.1. The van der Waals surface area contributed by atoms with Crippen LogP contribution >= 0.6 is 0 Å². The average Bonchev–Trinajstić information content (AvgIpc) is 3.51. The molecular weight excluding hydrogens is 539 g/mol. The van der Waals surface area contributed by atoms with E-state index in [-0.39, 0.29) is 24.5 Å². The van der Waals surface area contributed by atoms with Crippen LogP contribution in [0.2, 0.25) is 0 Å². The minimum atomic E-state index is -1.14. The predicted octanol–water partition coefficient (Wildman–Crippen LogP) is 4.42. The van der Waals surface area contributed by atoms with Crippen molar-refractivity contribution in [2.45, 2.75) is 64.0 Å². The molecule has 0 spiro atoms. The molecule has 1 aromatic carbocycles. The summed E-state index contributed by atoms with van der Waals surface area (Å²) in [6.45, 7) is 5.93. The average molecular weight is 579 g/mol. The van der Waals surface area contributed by atoms with Crippen LogP contribution in [-0.4, -0.2) is 82.1 Å². The second kappa shape index (κ2) is 10.9. The van der Waals surface area contributed by atoms with Crippen molar-refractivity contribution in [1.29, 1.82) is 0 Å². The first-order chi connectivity index (χ1) is 20.2. The van der Waals surface area contributed by atoms with Gasteiger partial charge in [0.05, 0.1) is 37.6 Å². The van der Waals surface area contributed by atoms with Crippen LogP contribution in [0, 0.1) is 5.92 Å². The highest BCUT2D eigenvalue weighted by Gasteiger charge is 2.41. The van der Waals surface area contributed by atoms with E-state index in [0.29, 0.717) is 48.3 Å². The zero-order valence-corrected chi connectivity index (χ0v) is 24.9. The Labute approximate surface area is 244 Å². The molecule has 11 heteroatoms. The smallest absolute Gasteiger partial charge is 0.254 e. The van der Waals surface area contributed by atoms with Crippen LogP contribution in [0.1, 0.15) is 43.5 Å². The summed E-state index contributed by atoms with van der Waals surface area (Å²) in [5.74, 6) is 1.95. The van der Waals surface area contributed by atoms with E-state index < -0.39 is 12.2 Å². The van der Waals surface area contributed by atoms with E-state index in [1.54, 1.807) is 33.5 Å². The van der Waals surface area contributed by atoms with Gasteiger partial charge in [-0.3, -0.25) is 4.79 Å². The third-order valence-electron chi connectivity index (χ3n) is 8.84. The van der Waals surface area contributed by atoms with E-state index >= 15 is 0 Å². The van der Waals surface area contributed by atoms with Crippen LogP contribution in [0.3, 0.4) is 0 Å². The number of aryl methyl sites for hydroxylation is 1. The standard InChI is InChI=1S/C31H39FN6O4/c1-6-37-24(10-19-7-8-26(41-4)35-28(19)37)29-34-23-9-20(30(39)36-16-21(32)12-22(33)17-36)11-25(40-3)27(23)38(29)15-18-13-31(2,14-18)42-5/h7-11,18,21-22H,6,12-17,33H2,1-5H3/t18-,21-,22-,31+/m1/s1. The largest absolute Gasteiger partial charge is 0.494 e. The molecule has 4 aromatic rings. The summed E-state index contributed by atoms with van der Waals surface area (Å²) in [6.07, 6.45) is 0.973. The predicted molar refractivity (Wildman–Crippen MR) is 159 cm³/mol. The summed E-state index contributed by atoms with van der Waals surface area (Å²) in [6, 6.07) is 9.08. The van der Waals surface area contributed by atoms with Gasteiger partial charge in [0.25, 0.3) is 5.91 Å². The Bertz CT molecular complexity index is 1630. The molecule has 2 fully saturated rings. The Morgan fingerprint density at radius 2 is 1.88 bits per heavy atom. The van der Waals surface area contributed by atoms with Crippen molar-refractivity contribution in [3.63, 3.8) is 0 Å². The summed E-state index contributed by atoms with van der Waals surface area (Å²) in [5, 5.41) is 0.979. The molecule has 2 N–H and O–H groups in total. The Hall–Kier alpha value is -3.70. The van der Waals surface area contributed by atoms with Crippen molar-refractivity contribution in [2.75, 3.05) is 34.4 Å². The van der Waals surface area contributed by atoms with Gasteiger partial charge in [0.1, 0.15) is 23.1 Å². The molecule has 6 rings (SSSR count). The van der Waals surface area contributed by atoms with Crippen LogP contribution < -0.4 is 15.2 Å². The fraction of sp³-hybridized carbons (Fsp3) is 0.516. The molecule has 1 aliphatic carbocycles. The fourth-order valence-electron chi connectivity index (χ4n) is 6.75. The number of amides is 1. The van der Waals surface area contributed by atoms with Crippen LogP contribution in [0.5, 0.6) is 11.6 Å².